The normalized spacial score (nSPS) is 17.8. The molecule has 0 fully saturated rings. The molecule has 1 amide bonds. The average Bonchev–Trinajstić information content (AvgIpc) is 2.67. The molecule has 0 spiro atoms. The van der Waals surface area contributed by atoms with Crippen LogP contribution in [0.3, 0.4) is 0 Å². The number of carbonyl (C=O) groups excluding carboxylic acids is 1. The number of hydrogen-bond acceptors (Lipinski definition) is 3. The molecule has 98 valence electrons. The van der Waals surface area contributed by atoms with E-state index >= 15 is 0 Å². The lowest BCUT2D eigenvalue weighted by molar-refractivity contribution is -0.118. The van der Waals surface area contributed by atoms with Crippen molar-refractivity contribution in [2.24, 2.45) is 5.92 Å². The van der Waals surface area contributed by atoms with E-state index in [0.29, 0.717) is 18.2 Å². The van der Waals surface area contributed by atoms with Gasteiger partial charge < -0.3 is 0 Å². The van der Waals surface area contributed by atoms with Crippen molar-refractivity contribution in [2.75, 3.05) is 4.90 Å². The largest absolute Gasteiger partial charge is 0.293 e. The summed E-state index contributed by atoms with van der Waals surface area (Å²) in [6.45, 7) is 6.41. The Bertz CT molecular complexity index is 464. The van der Waals surface area contributed by atoms with E-state index in [-0.39, 0.29) is 17.2 Å². The Labute approximate surface area is 112 Å². The zero-order valence-electron chi connectivity index (χ0n) is 11.0. The predicted molar refractivity (Wildman–Crippen MR) is 71.8 cm³/mol. The van der Waals surface area contributed by atoms with E-state index in [1.165, 1.54) is 0 Å². The van der Waals surface area contributed by atoms with E-state index < -0.39 is 0 Å². The number of aromatic nitrogens is 2. The lowest BCUT2D eigenvalue weighted by Gasteiger charge is -2.31. The van der Waals surface area contributed by atoms with Crippen LogP contribution < -0.4 is 4.90 Å². The van der Waals surface area contributed by atoms with Gasteiger partial charge in [0.05, 0.1) is 6.42 Å². The Morgan fingerprint density at radius 2 is 2.17 bits per heavy atom. The number of rotatable bonds is 4. The maximum Gasteiger partial charge on any atom is 0.233 e. The first-order chi connectivity index (χ1) is 8.58. The third kappa shape index (κ3) is 2.21. The molecule has 0 bridgehead atoms. The standard InChI is InChI=1S/C13H18ClN3O/c1-4-8(3)10(5-2)17-11(18)6-9-7-15-13(14)16-12(9)17/h7-8,10H,4-6H2,1-3H3. The molecular weight excluding hydrogens is 250 g/mol. The Kier molecular flexibility index (Phi) is 3.85. The molecule has 2 atom stereocenters. The first-order valence-corrected chi connectivity index (χ1v) is 6.79. The highest BCUT2D eigenvalue weighted by Crippen LogP contribution is 2.32. The molecule has 0 saturated heterocycles. The van der Waals surface area contributed by atoms with Crippen LogP contribution in [0.1, 0.15) is 39.2 Å². The van der Waals surface area contributed by atoms with Crippen LogP contribution in [0.5, 0.6) is 0 Å². The van der Waals surface area contributed by atoms with Gasteiger partial charge in [0, 0.05) is 17.8 Å². The summed E-state index contributed by atoms with van der Waals surface area (Å²) in [7, 11) is 0. The van der Waals surface area contributed by atoms with Gasteiger partial charge in [0.25, 0.3) is 0 Å². The van der Waals surface area contributed by atoms with Crippen LogP contribution >= 0.6 is 11.6 Å². The molecule has 0 aromatic carbocycles. The predicted octanol–water partition coefficient (Wildman–Crippen LogP) is 2.84. The van der Waals surface area contributed by atoms with Crippen molar-refractivity contribution in [1.29, 1.82) is 0 Å². The van der Waals surface area contributed by atoms with Crippen molar-refractivity contribution < 1.29 is 4.79 Å². The molecule has 2 unspecified atom stereocenters. The van der Waals surface area contributed by atoms with Gasteiger partial charge in [-0.1, -0.05) is 27.2 Å². The minimum Gasteiger partial charge on any atom is -0.293 e. The zero-order chi connectivity index (χ0) is 13.3. The van der Waals surface area contributed by atoms with Crippen LogP contribution in [0.15, 0.2) is 6.20 Å². The number of halogens is 1. The fourth-order valence-corrected chi connectivity index (χ4v) is 2.66. The molecule has 1 aliphatic rings. The molecule has 2 rings (SSSR count). The van der Waals surface area contributed by atoms with Crippen molar-refractivity contribution in [3.05, 3.63) is 17.0 Å². The number of carbonyl (C=O) groups is 1. The Balaban J connectivity index is 2.39. The van der Waals surface area contributed by atoms with E-state index in [0.717, 1.165) is 18.4 Å². The summed E-state index contributed by atoms with van der Waals surface area (Å²) in [5, 5.41) is 0.201. The van der Waals surface area contributed by atoms with Gasteiger partial charge in [0.2, 0.25) is 11.2 Å². The first kappa shape index (κ1) is 13.3. The van der Waals surface area contributed by atoms with Crippen LogP contribution in [-0.2, 0) is 11.2 Å². The average molecular weight is 268 g/mol. The smallest absolute Gasteiger partial charge is 0.233 e. The van der Waals surface area contributed by atoms with Crippen molar-refractivity contribution >= 4 is 23.3 Å². The van der Waals surface area contributed by atoms with Crippen molar-refractivity contribution in [3.8, 4) is 0 Å². The topological polar surface area (TPSA) is 46.1 Å². The van der Waals surface area contributed by atoms with Crippen LogP contribution in [0, 0.1) is 5.92 Å². The Morgan fingerprint density at radius 3 is 2.78 bits per heavy atom. The number of amides is 1. The van der Waals surface area contributed by atoms with Crippen LogP contribution in [0.4, 0.5) is 5.82 Å². The van der Waals surface area contributed by atoms with Gasteiger partial charge in [-0.15, -0.1) is 0 Å². The van der Waals surface area contributed by atoms with E-state index in [2.05, 4.69) is 30.7 Å². The summed E-state index contributed by atoms with van der Waals surface area (Å²) < 4.78 is 0. The molecule has 5 heteroatoms. The van der Waals surface area contributed by atoms with Gasteiger partial charge in [-0.3, -0.25) is 9.69 Å². The maximum atomic E-state index is 12.2. The third-order valence-electron chi connectivity index (χ3n) is 3.70. The summed E-state index contributed by atoms with van der Waals surface area (Å²) in [5.74, 6) is 1.25. The van der Waals surface area contributed by atoms with Crippen LogP contribution in [0.2, 0.25) is 5.28 Å². The molecular formula is C13H18ClN3O. The highest BCUT2D eigenvalue weighted by molar-refractivity contribution is 6.28. The van der Waals surface area contributed by atoms with Gasteiger partial charge in [0.15, 0.2) is 0 Å². The summed E-state index contributed by atoms with van der Waals surface area (Å²) in [4.78, 5) is 22.2. The lowest BCUT2D eigenvalue weighted by Crippen LogP contribution is -2.42. The quantitative estimate of drug-likeness (QED) is 0.788. The third-order valence-corrected chi connectivity index (χ3v) is 3.88. The van der Waals surface area contributed by atoms with Gasteiger partial charge in [-0.2, -0.15) is 4.98 Å². The van der Waals surface area contributed by atoms with Gasteiger partial charge in [0.1, 0.15) is 5.82 Å². The van der Waals surface area contributed by atoms with E-state index in [1.54, 1.807) is 6.20 Å². The molecule has 0 N–H and O–H groups in total. The Hall–Kier alpha value is -1.16. The molecule has 0 radical (unpaired) electrons. The second kappa shape index (κ2) is 5.22. The minimum atomic E-state index is 0.105. The van der Waals surface area contributed by atoms with E-state index in [4.69, 9.17) is 11.6 Å². The summed E-state index contributed by atoms with van der Waals surface area (Å²) in [6.07, 6.45) is 4.00. The molecule has 1 aromatic rings. The SMILES string of the molecule is CCC(C)C(CC)N1C(=O)Cc2cnc(Cl)nc21. The summed E-state index contributed by atoms with van der Waals surface area (Å²) in [5.41, 5.74) is 0.881. The molecule has 0 saturated carbocycles. The molecule has 2 heterocycles. The molecule has 4 nitrogen and oxygen atoms in total. The number of nitrogens with zero attached hydrogens (tertiary/aromatic N) is 3. The number of anilines is 1. The second-order valence-corrected chi connectivity index (χ2v) is 5.13. The molecule has 18 heavy (non-hydrogen) atoms. The van der Waals surface area contributed by atoms with Gasteiger partial charge in [-0.25, -0.2) is 4.98 Å². The van der Waals surface area contributed by atoms with E-state index in [9.17, 15) is 4.79 Å². The van der Waals surface area contributed by atoms with E-state index in [1.807, 2.05) is 4.90 Å². The number of fused-ring (bicyclic) bond motifs is 1. The fraction of sp³-hybridized carbons (Fsp3) is 0.615. The monoisotopic (exact) mass is 267 g/mol. The zero-order valence-corrected chi connectivity index (χ0v) is 11.7. The van der Waals surface area contributed by atoms with Crippen molar-refractivity contribution in [1.82, 2.24) is 9.97 Å². The van der Waals surface area contributed by atoms with Crippen molar-refractivity contribution in [2.45, 2.75) is 46.1 Å². The lowest BCUT2D eigenvalue weighted by atomic mass is 9.95. The molecule has 1 aromatic heterocycles. The Morgan fingerprint density at radius 1 is 1.44 bits per heavy atom. The summed E-state index contributed by atoms with van der Waals surface area (Å²) in [6, 6.07) is 0.190. The van der Waals surface area contributed by atoms with Gasteiger partial charge in [-0.05, 0) is 23.9 Å². The fourth-order valence-electron chi connectivity index (χ4n) is 2.53. The van der Waals surface area contributed by atoms with Crippen LogP contribution in [0.25, 0.3) is 0 Å². The molecule has 0 aliphatic carbocycles. The minimum absolute atomic E-state index is 0.105. The second-order valence-electron chi connectivity index (χ2n) is 4.79. The highest BCUT2D eigenvalue weighted by atomic mass is 35.5. The maximum absolute atomic E-state index is 12.2. The summed E-state index contributed by atoms with van der Waals surface area (Å²) >= 11 is 5.84. The molecule has 1 aliphatic heterocycles. The highest BCUT2D eigenvalue weighted by Gasteiger charge is 2.35. The van der Waals surface area contributed by atoms with Crippen LogP contribution in [-0.4, -0.2) is 21.9 Å². The number of hydrogen-bond donors (Lipinski definition) is 0. The first-order valence-electron chi connectivity index (χ1n) is 6.41. The van der Waals surface area contributed by atoms with Gasteiger partial charge >= 0.3 is 0 Å². The van der Waals surface area contributed by atoms with Crippen molar-refractivity contribution in [3.63, 3.8) is 0 Å².